The summed E-state index contributed by atoms with van der Waals surface area (Å²) in [6, 6.07) is 10.7. The molecule has 4 heteroatoms. The largest absolute Gasteiger partial charge is 0.348 e. The van der Waals surface area contributed by atoms with E-state index in [2.05, 4.69) is 39.8 Å². The van der Waals surface area contributed by atoms with E-state index in [4.69, 9.17) is 0 Å². The number of hydrogen-bond acceptors (Lipinski definition) is 3. The van der Waals surface area contributed by atoms with E-state index in [9.17, 15) is 4.79 Å². The van der Waals surface area contributed by atoms with Gasteiger partial charge in [0.1, 0.15) is 0 Å². The number of benzene rings is 1. The van der Waals surface area contributed by atoms with Crippen molar-refractivity contribution in [1.29, 1.82) is 0 Å². The molecule has 23 heavy (non-hydrogen) atoms. The molecule has 0 aromatic heterocycles. The number of rotatable bonds is 5. The molecule has 1 unspecified atom stereocenters. The van der Waals surface area contributed by atoms with Gasteiger partial charge >= 0.3 is 0 Å². The molecule has 1 aromatic carbocycles. The SMILES string of the molecule is O=C(CN1CCNCC1)NC(c1ccccc1)C1CCCCC1. The van der Waals surface area contributed by atoms with Crippen molar-refractivity contribution >= 4 is 5.91 Å². The fraction of sp³-hybridized carbons (Fsp3) is 0.632. The van der Waals surface area contributed by atoms with Gasteiger partial charge in [0.05, 0.1) is 12.6 Å². The minimum absolute atomic E-state index is 0.173. The Hall–Kier alpha value is -1.39. The summed E-state index contributed by atoms with van der Waals surface area (Å²) in [6.45, 7) is 4.42. The summed E-state index contributed by atoms with van der Waals surface area (Å²) in [7, 11) is 0. The predicted molar refractivity (Wildman–Crippen MR) is 93.2 cm³/mol. The van der Waals surface area contributed by atoms with Crippen LogP contribution in [0.25, 0.3) is 0 Å². The topological polar surface area (TPSA) is 44.4 Å². The number of carbonyl (C=O) groups excluding carboxylic acids is 1. The van der Waals surface area contributed by atoms with E-state index >= 15 is 0 Å². The lowest BCUT2D eigenvalue weighted by atomic mass is 9.81. The fourth-order valence-corrected chi connectivity index (χ4v) is 3.89. The molecule has 0 radical (unpaired) electrons. The highest BCUT2D eigenvalue weighted by atomic mass is 16.2. The monoisotopic (exact) mass is 315 g/mol. The zero-order chi connectivity index (χ0) is 15.9. The molecule has 3 rings (SSSR count). The molecule has 1 aromatic rings. The number of carbonyl (C=O) groups is 1. The molecule has 2 N–H and O–H groups in total. The molecule has 2 fully saturated rings. The van der Waals surface area contributed by atoms with Crippen molar-refractivity contribution in [3.63, 3.8) is 0 Å². The fourth-order valence-electron chi connectivity index (χ4n) is 3.89. The third-order valence-corrected chi connectivity index (χ3v) is 5.17. The Morgan fingerprint density at radius 3 is 2.52 bits per heavy atom. The lowest BCUT2D eigenvalue weighted by molar-refractivity contribution is -0.123. The quantitative estimate of drug-likeness (QED) is 0.876. The Balaban J connectivity index is 1.64. The van der Waals surface area contributed by atoms with Crippen LogP contribution in [0.2, 0.25) is 0 Å². The summed E-state index contributed by atoms with van der Waals surface area (Å²) >= 11 is 0. The summed E-state index contributed by atoms with van der Waals surface area (Å²) in [5.74, 6) is 0.754. The standard InChI is InChI=1S/C19H29N3O/c23-18(15-22-13-11-20-12-14-22)21-19(16-7-3-1-4-8-16)17-9-5-2-6-10-17/h1,3-4,7-8,17,19-20H,2,5-6,9-15H2,(H,21,23). The Bertz CT molecular complexity index is 479. The van der Waals surface area contributed by atoms with Crippen molar-refractivity contribution in [2.45, 2.75) is 38.1 Å². The molecule has 1 aliphatic heterocycles. The maximum absolute atomic E-state index is 12.6. The summed E-state index contributed by atoms with van der Waals surface area (Å²) < 4.78 is 0. The average Bonchev–Trinajstić information content (AvgIpc) is 2.62. The van der Waals surface area contributed by atoms with Gasteiger partial charge in [0.2, 0.25) is 5.91 Å². The van der Waals surface area contributed by atoms with Gasteiger partial charge in [0, 0.05) is 26.2 Å². The first-order valence-electron chi connectivity index (χ1n) is 9.10. The smallest absolute Gasteiger partial charge is 0.234 e. The van der Waals surface area contributed by atoms with Crippen molar-refractivity contribution in [3.8, 4) is 0 Å². The van der Waals surface area contributed by atoms with Gasteiger partial charge in [0.15, 0.2) is 0 Å². The van der Waals surface area contributed by atoms with Crippen LogP contribution in [0.3, 0.4) is 0 Å². The zero-order valence-corrected chi connectivity index (χ0v) is 14.0. The molecule has 1 aliphatic carbocycles. The Morgan fingerprint density at radius 2 is 1.83 bits per heavy atom. The van der Waals surface area contributed by atoms with Crippen molar-refractivity contribution in [3.05, 3.63) is 35.9 Å². The Morgan fingerprint density at radius 1 is 1.13 bits per heavy atom. The highest BCUT2D eigenvalue weighted by Crippen LogP contribution is 2.34. The highest BCUT2D eigenvalue weighted by molar-refractivity contribution is 5.78. The summed E-state index contributed by atoms with van der Waals surface area (Å²) in [5.41, 5.74) is 1.26. The van der Waals surface area contributed by atoms with Gasteiger partial charge in [-0.2, -0.15) is 0 Å². The van der Waals surface area contributed by atoms with E-state index in [1.165, 1.54) is 37.7 Å². The number of amides is 1. The van der Waals surface area contributed by atoms with Gasteiger partial charge in [-0.05, 0) is 24.3 Å². The number of piperazine rings is 1. The minimum atomic E-state index is 0.173. The summed E-state index contributed by atoms with van der Waals surface area (Å²) in [6.07, 6.45) is 6.39. The van der Waals surface area contributed by atoms with Crippen LogP contribution in [0.15, 0.2) is 30.3 Å². The van der Waals surface area contributed by atoms with Crippen LogP contribution >= 0.6 is 0 Å². The third-order valence-electron chi connectivity index (χ3n) is 5.17. The van der Waals surface area contributed by atoms with Crippen molar-refractivity contribution in [1.82, 2.24) is 15.5 Å². The number of nitrogens with one attached hydrogen (secondary N) is 2. The molecule has 1 saturated carbocycles. The minimum Gasteiger partial charge on any atom is -0.348 e. The Labute approximate surface area is 139 Å². The Kier molecular flexibility index (Phi) is 6.06. The molecule has 0 bridgehead atoms. The van der Waals surface area contributed by atoms with Gasteiger partial charge in [-0.15, -0.1) is 0 Å². The lowest BCUT2D eigenvalue weighted by Gasteiger charge is -2.33. The normalized spacial score (nSPS) is 21.7. The molecule has 1 amide bonds. The first-order valence-corrected chi connectivity index (χ1v) is 9.10. The van der Waals surface area contributed by atoms with E-state index in [1.54, 1.807) is 0 Å². The summed E-state index contributed by atoms with van der Waals surface area (Å²) in [4.78, 5) is 14.8. The molecule has 1 atom stereocenters. The van der Waals surface area contributed by atoms with E-state index in [1.807, 2.05) is 6.07 Å². The van der Waals surface area contributed by atoms with Gasteiger partial charge in [-0.1, -0.05) is 49.6 Å². The average molecular weight is 315 g/mol. The van der Waals surface area contributed by atoms with Gasteiger partial charge in [-0.3, -0.25) is 9.69 Å². The zero-order valence-electron chi connectivity index (χ0n) is 14.0. The van der Waals surface area contributed by atoms with Crippen LogP contribution in [0.1, 0.15) is 43.7 Å². The molecule has 2 aliphatic rings. The van der Waals surface area contributed by atoms with Crippen molar-refractivity contribution < 1.29 is 4.79 Å². The first-order chi connectivity index (χ1) is 11.3. The van der Waals surface area contributed by atoms with Gasteiger partial charge in [0.25, 0.3) is 0 Å². The van der Waals surface area contributed by atoms with Crippen LogP contribution < -0.4 is 10.6 Å². The molecule has 126 valence electrons. The van der Waals surface area contributed by atoms with Crippen LogP contribution in [0.4, 0.5) is 0 Å². The van der Waals surface area contributed by atoms with Crippen LogP contribution in [-0.2, 0) is 4.79 Å². The molecular formula is C19H29N3O. The van der Waals surface area contributed by atoms with Crippen LogP contribution in [-0.4, -0.2) is 43.5 Å². The molecule has 4 nitrogen and oxygen atoms in total. The third kappa shape index (κ3) is 4.79. The van der Waals surface area contributed by atoms with Crippen LogP contribution in [0, 0.1) is 5.92 Å². The number of nitrogens with zero attached hydrogens (tertiary/aromatic N) is 1. The van der Waals surface area contributed by atoms with Crippen molar-refractivity contribution in [2.75, 3.05) is 32.7 Å². The number of hydrogen-bond donors (Lipinski definition) is 2. The van der Waals surface area contributed by atoms with Crippen molar-refractivity contribution in [2.24, 2.45) is 5.92 Å². The molecule has 1 heterocycles. The van der Waals surface area contributed by atoms with E-state index in [-0.39, 0.29) is 11.9 Å². The maximum Gasteiger partial charge on any atom is 0.234 e. The van der Waals surface area contributed by atoms with E-state index in [0.29, 0.717) is 12.5 Å². The first kappa shape index (κ1) is 16.5. The lowest BCUT2D eigenvalue weighted by Crippen LogP contribution is -2.48. The maximum atomic E-state index is 12.6. The molecule has 1 saturated heterocycles. The molecular weight excluding hydrogens is 286 g/mol. The van der Waals surface area contributed by atoms with Gasteiger partial charge in [-0.25, -0.2) is 0 Å². The second-order valence-electron chi connectivity index (χ2n) is 6.88. The summed E-state index contributed by atoms with van der Waals surface area (Å²) in [5, 5.41) is 6.68. The molecule has 0 spiro atoms. The van der Waals surface area contributed by atoms with Crippen LogP contribution in [0.5, 0.6) is 0 Å². The second-order valence-corrected chi connectivity index (χ2v) is 6.88. The van der Waals surface area contributed by atoms with Gasteiger partial charge < -0.3 is 10.6 Å². The highest BCUT2D eigenvalue weighted by Gasteiger charge is 2.27. The van der Waals surface area contributed by atoms with E-state index < -0.39 is 0 Å². The second kappa shape index (κ2) is 8.46. The predicted octanol–water partition coefficient (Wildman–Crippen LogP) is 2.33. The van der Waals surface area contributed by atoms with E-state index in [0.717, 1.165) is 26.2 Å².